The zero-order chi connectivity index (χ0) is 12.0. The number of rotatable bonds is 1. The molecule has 1 aromatic heterocycles. The molecule has 0 N–H and O–H groups in total. The number of imidazole rings is 1. The van der Waals surface area contributed by atoms with E-state index in [9.17, 15) is 9.59 Å². The zero-order valence-electron chi connectivity index (χ0n) is 9.12. The summed E-state index contributed by atoms with van der Waals surface area (Å²) in [7, 11) is 0. The van der Waals surface area contributed by atoms with E-state index in [2.05, 4.69) is 4.98 Å². The molecule has 0 spiro atoms. The molecule has 5 heteroatoms. The van der Waals surface area contributed by atoms with E-state index in [1.165, 1.54) is 16.0 Å². The van der Waals surface area contributed by atoms with Gasteiger partial charge >= 0.3 is 5.91 Å². The number of hydrogen-bond acceptors (Lipinski definition) is 3. The molecule has 0 bridgehead atoms. The van der Waals surface area contributed by atoms with Crippen molar-refractivity contribution in [1.29, 1.82) is 0 Å². The highest BCUT2D eigenvalue weighted by Gasteiger charge is 2.37. The third-order valence-corrected chi connectivity index (χ3v) is 2.81. The maximum atomic E-state index is 11.9. The van der Waals surface area contributed by atoms with Crippen molar-refractivity contribution in [1.82, 2.24) is 9.66 Å². The van der Waals surface area contributed by atoms with E-state index in [0.29, 0.717) is 11.3 Å². The van der Waals surface area contributed by atoms with E-state index in [1.807, 2.05) is 19.1 Å². The maximum absolute atomic E-state index is 11.9. The van der Waals surface area contributed by atoms with Gasteiger partial charge in [-0.15, -0.1) is 0 Å². The van der Waals surface area contributed by atoms with Gasteiger partial charge in [-0.05, 0) is 18.6 Å². The maximum Gasteiger partial charge on any atom is 0.318 e. The quantitative estimate of drug-likeness (QED) is 0.687. The first kappa shape index (κ1) is 9.77. The monoisotopic (exact) mass is 227 g/mol. The molecule has 1 aliphatic heterocycles. The summed E-state index contributed by atoms with van der Waals surface area (Å²) in [5.74, 6) is -1.01. The molecule has 0 saturated heterocycles. The highest BCUT2D eigenvalue weighted by molar-refractivity contribution is 6.52. The summed E-state index contributed by atoms with van der Waals surface area (Å²) in [6.07, 6.45) is 4.68. The number of Topliss-reactive ketones (excluding diaryl/α,β-unsaturated/α-hetero) is 1. The first-order chi connectivity index (χ1) is 8.20. The summed E-state index contributed by atoms with van der Waals surface area (Å²) in [6.45, 7) is 1.82. The number of aryl methyl sites for hydroxylation is 1. The van der Waals surface area contributed by atoms with E-state index >= 15 is 0 Å². The van der Waals surface area contributed by atoms with Crippen LogP contribution in [0, 0.1) is 6.92 Å². The van der Waals surface area contributed by atoms with Gasteiger partial charge in [0.15, 0.2) is 0 Å². The summed E-state index contributed by atoms with van der Waals surface area (Å²) >= 11 is 0. The number of fused-ring (bicyclic) bond motifs is 1. The summed E-state index contributed by atoms with van der Waals surface area (Å²) in [5, 5.41) is 1.33. The molecule has 0 saturated carbocycles. The Bertz CT molecular complexity index is 617. The predicted molar refractivity (Wildman–Crippen MR) is 60.6 cm³/mol. The lowest BCUT2D eigenvalue weighted by atomic mass is 10.1. The normalized spacial score (nSPS) is 14.3. The van der Waals surface area contributed by atoms with Crippen molar-refractivity contribution in [3.05, 3.63) is 48.0 Å². The molecular weight excluding hydrogens is 218 g/mol. The van der Waals surface area contributed by atoms with Gasteiger partial charge in [-0.25, -0.2) is 14.7 Å². The van der Waals surface area contributed by atoms with Gasteiger partial charge in [0.05, 0.1) is 11.3 Å². The number of ketones is 1. The lowest BCUT2D eigenvalue weighted by Gasteiger charge is -2.16. The van der Waals surface area contributed by atoms with Gasteiger partial charge < -0.3 is 0 Å². The fourth-order valence-corrected chi connectivity index (χ4v) is 2.04. The van der Waals surface area contributed by atoms with Crippen LogP contribution in [0.2, 0.25) is 0 Å². The van der Waals surface area contributed by atoms with E-state index in [-0.39, 0.29) is 0 Å². The van der Waals surface area contributed by atoms with E-state index < -0.39 is 11.7 Å². The molecule has 0 fully saturated rings. The summed E-state index contributed by atoms with van der Waals surface area (Å²) in [4.78, 5) is 27.7. The standard InChI is InChI=1S/C12H9N3O2/c1-8-3-2-4-9-10(8)11(16)12(17)15(9)14-6-5-13-7-14/h2-7H,1H3. The minimum atomic E-state index is -0.549. The van der Waals surface area contributed by atoms with Crippen molar-refractivity contribution < 1.29 is 9.59 Å². The molecular formula is C12H9N3O2. The average Bonchev–Trinajstić information content (AvgIpc) is 2.89. The van der Waals surface area contributed by atoms with Crippen molar-refractivity contribution in [2.45, 2.75) is 6.92 Å². The van der Waals surface area contributed by atoms with Crippen LogP contribution in [-0.2, 0) is 4.79 Å². The van der Waals surface area contributed by atoms with Crippen LogP contribution in [0.3, 0.4) is 0 Å². The number of hydrogen-bond donors (Lipinski definition) is 0. The Morgan fingerprint density at radius 1 is 1.24 bits per heavy atom. The highest BCUT2D eigenvalue weighted by atomic mass is 16.2. The van der Waals surface area contributed by atoms with Crippen LogP contribution in [0.5, 0.6) is 0 Å². The Morgan fingerprint density at radius 3 is 2.76 bits per heavy atom. The molecule has 17 heavy (non-hydrogen) atoms. The Hall–Kier alpha value is -2.43. The van der Waals surface area contributed by atoms with Gasteiger partial charge in [0.25, 0.3) is 5.78 Å². The summed E-state index contributed by atoms with van der Waals surface area (Å²) in [5.41, 5.74) is 1.90. The molecule has 3 rings (SSSR count). The van der Waals surface area contributed by atoms with Crippen LogP contribution in [0.15, 0.2) is 36.9 Å². The molecule has 84 valence electrons. The molecule has 1 aliphatic rings. The van der Waals surface area contributed by atoms with Crippen LogP contribution in [-0.4, -0.2) is 21.4 Å². The summed E-state index contributed by atoms with van der Waals surface area (Å²) in [6, 6.07) is 5.40. The van der Waals surface area contributed by atoms with Gasteiger partial charge in [-0.1, -0.05) is 12.1 Å². The third kappa shape index (κ3) is 1.22. The van der Waals surface area contributed by atoms with Crippen molar-refractivity contribution in [2.24, 2.45) is 0 Å². The zero-order valence-corrected chi connectivity index (χ0v) is 9.12. The number of amides is 1. The first-order valence-electron chi connectivity index (χ1n) is 5.17. The van der Waals surface area contributed by atoms with Gasteiger partial charge in [0, 0.05) is 12.4 Å². The van der Waals surface area contributed by atoms with Crippen molar-refractivity contribution in [2.75, 3.05) is 5.01 Å². The lowest BCUT2D eigenvalue weighted by Crippen LogP contribution is -2.33. The number of carbonyl (C=O) groups is 2. The molecule has 2 heterocycles. The van der Waals surface area contributed by atoms with Crippen molar-refractivity contribution in [3.8, 4) is 0 Å². The van der Waals surface area contributed by atoms with Gasteiger partial charge in [0.2, 0.25) is 0 Å². The van der Waals surface area contributed by atoms with Crippen LogP contribution in [0.25, 0.3) is 0 Å². The predicted octanol–water partition coefficient (Wildman–Crippen LogP) is 1.18. The van der Waals surface area contributed by atoms with Crippen LogP contribution in [0.1, 0.15) is 15.9 Å². The molecule has 0 aliphatic carbocycles. The van der Waals surface area contributed by atoms with Gasteiger partial charge in [-0.2, -0.15) is 0 Å². The van der Waals surface area contributed by atoms with Crippen molar-refractivity contribution in [3.63, 3.8) is 0 Å². The topological polar surface area (TPSA) is 55.2 Å². The lowest BCUT2D eigenvalue weighted by molar-refractivity contribution is -0.114. The van der Waals surface area contributed by atoms with Crippen LogP contribution >= 0.6 is 0 Å². The first-order valence-corrected chi connectivity index (χ1v) is 5.17. The number of aromatic nitrogens is 2. The van der Waals surface area contributed by atoms with E-state index in [0.717, 1.165) is 5.56 Å². The molecule has 0 unspecified atom stereocenters. The van der Waals surface area contributed by atoms with Gasteiger partial charge in [0.1, 0.15) is 6.33 Å². The summed E-state index contributed by atoms with van der Waals surface area (Å²) < 4.78 is 1.51. The molecule has 0 radical (unpaired) electrons. The Morgan fingerprint density at radius 2 is 2.06 bits per heavy atom. The number of benzene rings is 1. The van der Waals surface area contributed by atoms with Crippen LogP contribution in [0.4, 0.5) is 5.69 Å². The average molecular weight is 227 g/mol. The molecule has 1 amide bonds. The van der Waals surface area contributed by atoms with E-state index in [4.69, 9.17) is 0 Å². The Labute approximate surface area is 97.3 Å². The molecule has 5 nitrogen and oxygen atoms in total. The Balaban J connectivity index is 2.25. The molecule has 2 aromatic rings. The minimum absolute atomic E-state index is 0.466. The second-order valence-electron chi connectivity index (χ2n) is 3.86. The third-order valence-electron chi connectivity index (χ3n) is 2.81. The molecule has 0 atom stereocenters. The fraction of sp³-hybridized carbons (Fsp3) is 0.0833. The smallest absolute Gasteiger partial charge is 0.283 e. The number of nitrogens with zero attached hydrogens (tertiary/aromatic N) is 3. The van der Waals surface area contributed by atoms with E-state index in [1.54, 1.807) is 18.5 Å². The fourth-order valence-electron chi connectivity index (χ4n) is 2.04. The molecule has 1 aromatic carbocycles. The Kier molecular flexibility index (Phi) is 1.89. The highest BCUT2D eigenvalue weighted by Crippen LogP contribution is 2.31. The second kappa shape index (κ2) is 3.28. The van der Waals surface area contributed by atoms with Crippen molar-refractivity contribution >= 4 is 17.4 Å². The largest absolute Gasteiger partial charge is 0.318 e. The van der Waals surface area contributed by atoms with Crippen LogP contribution < -0.4 is 5.01 Å². The minimum Gasteiger partial charge on any atom is -0.283 e. The SMILES string of the molecule is Cc1cccc2c1C(=O)C(=O)N2n1ccnc1. The number of anilines is 1. The van der Waals surface area contributed by atoms with Gasteiger partial charge in [-0.3, -0.25) is 9.59 Å². The number of carbonyl (C=O) groups excluding carboxylic acids is 2. The second-order valence-corrected chi connectivity index (χ2v) is 3.86.